The van der Waals surface area contributed by atoms with Gasteiger partial charge in [-0.05, 0) is 24.1 Å². The van der Waals surface area contributed by atoms with Gasteiger partial charge in [0.2, 0.25) is 5.88 Å². The van der Waals surface area contributed by atoms with Crippen LogP contribution < -0.4 is 10.1 Å². The largest absolute Gasteiger partial charge is 0.477 e. The molecule has 1 saturated heterocycles. The molecule has 0 aromatic carbocycles. The molecule has 1 aliphatic heterocycles. The van der Waals surface area contributed by atoms with E-state index in [4.69, 9.17) is 9.15 Å². The van der Waals surface area contributed by atoms with E-state index in [-0.39, 0.29) is 6.03 Å². The van der Waals surface area contributed by atoms with E-state index in [0.29, 0.717) is 37.2 Å². The number of urea groups is 1. The number of pyridine rings is 1. The van der Waals surface area contributed by atoms with Crippen molar-refractivity contribution in [2.75, 3.05) is 38.1 Å². The number of piperazine rings is 1. The highest BCUT2D eigenvalue weighted by Gasteiger charge is 2.21. The molecule has 140 valence electrons. The Balaban J connectivity index is 1.43. The molecule has 0 spiro atoms. The topological polar surface area (TPSA) is 70.8 Å². The van der Waals surface area contributed by atoms with Crippen molar-refractivity contribution in [3.63, 3.8) is 0 Å². The Morgan fingerprint density at radius 2 is 2.08 bits per heavy atom. The molecule has 2 aromatic heterocycles. The van der Waals surface area contributed by atoms with Gasteiger partial charge in [-0.2, -0.15) is 0 Å². The Morgan fingerprint density at radius 3 is 2.69 bits per heavy atom. The van der Waals surface area contributed by atoms with Crippen LogP contribution in [0.15, 0.2) is 41.1 Å². The quantitative estimate of drug-likeness (QED) is 0.859. The third-order valence-electron chi connectivity index (χ3n) is 4.17. The lowest BCUT2D eigenvalue weighted by atomic mass is 10.2. The number of aromatic nitrogens is 1. The number of rotatable bonds is 6. The van der Waals surface area contributed by atoms with Crippen LogP contribution in [0.25, 0.3) is 0 Å². The predicted molar refractivity (Wildman–Crippen MR) is 99.1 cm³/mol. The van der Waals surface area contributed by atoms with E-state index >= 15 is 0 Å². The molecule has 0 bridgehead atoms. The number of nitrogens with one attached hydrogen (secondary N) is 1. The fourth-order valence-electron chi connectivity index (χ4n) is 2.73. The van der Waals surface area contributed by atoms with Gasteiger partial charge in [0.25, 0.3) is 0 Å². The van der Waals surface area contributed by atoms with Crippen LogP contribution in [0.4, 0.5) is 10.5 Å². The summed E-state index contributed by atoms with van der Waals surface area (Å²) < 4.78 is 10.9. The fourth-order valence-corrected chi connectivity index (χ4v) is 2.73. The summed E-state index contributed by atoms with van der Waals surface area (Å²) in [5, 5.41) is 2.90. The molecule has 3 heterocycles. The molecule has 2 amide bonds. The third-order valence-corrected chi connectivity index (χ3v) is 4.17. The number of hydrogen-bond donors (Lipinski definition) is 1. The summed E-state index contributed by atoms with van der Waals surface area (Å²) >= 11 is 0. The van der Waals surface area contributed by atoms with E-state index in [1.807, 2.05) is 23.1 Å². The van der Waals surface area contributed by atoms with Gasteiger partial charge < -0.3 is 19.4 Å². The maximum absolute atomic E-state index is 12.4. The second kappa shape index (κ2) is 8.71. The maximum atomic E-state index is 12.4. The molecule has 1 fully saturated rings. The van der Waals surface area contributed by atoms with Gasteiger partial charge in [-0.15, -0.1) is 0 Å². The minimum atomic E-state index is -0.0969. The summed E-state index contributed by atoms with van der Waals surface area (Å²) in [6, 6.07) is 7.36. The fraction of sp³-hybridized carbons (Fsp3) is 0.474. The van der Waals surface area contributed by atoms with Gasteiger partial charge in [-0.25, -0.2) is 9.78 Å². The number of furan rings is 1. The van der Waals surface area contributed by atoms with E-state index < -0.39 is 0 Å². The Labute approximate surface area is 153 Å². The molecule has 7 nitrogen and oxygen atoms in total. The maximum Gasteiger partial charge on any atom is 0.321 e. The first-order valence-electron chi connectivity index (χ1n) is 8.99. The first kappa shape index (κ1) is 18.3. The van der Waals surface area contributed by atoms with Crippen molar-refractivity contribution in [3.05, 3.63) is 42.5 Å². The molecule has 7 heteroatoms. The highest BCUT2D eigenvalue weighted by molar-refractivity contribution is 5.89. The Kier molecular flexibility index (Phi) is 6.12. The van der Waals surface area contributed by atoms with Crippen molar-refractivity contribution >= 4 is 11.7 Å². The summed E-state index contributed by atoms with van der Waals surface area (Å²) in [6.07, 6.45) is 3.31. The summed E-state index contributed by atoms with van der Waals surface area (Å²) in [7, 11) is 0. The molecule has 3 rings (SSSR count). The van der Waals surface area contributed by atoms with E-state index in [1.165, 1.54) is 0 Å². The zero-order chi connectivity index (χ0) is 18.4. The zero-order valence-corrected chi connectivity index (χ0v) is 15.4. The molecule has 0 radical (unpaired) electrons. The minimum Gasteiger partial charge on any atom is -0.477 e. The molecule has 0 saturated carbocycles. The van der Waals surface area contributed by atoms with E-state index in [1.54, 1.807) is 18.5 Å². The van der Waals surface area contributed by atoms with Gasteiger partial charge in [0.1, 0.15) is 5.76 Å². The van der Waals surface area contributed by atoms with Crippen molar-refractivity contribution in [2.24, 2.45) is 5.92 Å². The second-order valence-electron chi connectivity index (χ2n) is 6.86. The van der Waals surface area contributed by atoms with Gasteiger partial charge in [0.15, 0.2) is 0 Å². The van der Waals surface area contributed by atoms with Crippen LogP contribution in [0.3, 0.4) is 0 Å². The highest BCUT2D eigenvalue weighted by Crippen LogP contribution is 2.14. The minimum absolute atomic E-state index is 0.0969. The highest BCUT2D eigenvalue weighted by atomic mass is 16.5. The van der Waals surface area contributed by atoms with E-state index in [2.05, 4.69) is 29.0 Å². The van der Waals surface area contributed by atoms with Crippen molar-refractivity contribution in [3.8, 4) is 5.88 Å². The van der Waals surface area contributed by atoms with Crippen molar-refractivity contribution in [1.29, 1.82) is 0 Å². The van der Waals surface area contributed by atoms with Crippen molar-refractivity contribution < 1.29 is 13.9 Å². The zero-order valence-electron chi connectivity index (χ0n) is 15.4. The van der Waals surface area contributed by atoms with Crippen LogP contribution in [-0.2, 0) is 6.54 Å². The number of nitrogens with zero attached hydrogens (tertiary/aromatic N) is 3. The molecule has 0 unspecified atom stereocenters. The third kappa shape index (κ3) is 5.23. The molecule has 0 aliphatic carbocycles. The number of hydrogen-bond acceptors (Lipinski definition) is 5. The Hall–Kier alpha value is -2.54. The van der Waals surface area contributed by atoms with Crippen molar-refractivity contribution in [1.82, 2.24) is 14.8 Å². The van der Waals surface area contributed by atoms with Crippen LogP contribution in [0.1, 0.15) is 19.6 Å². The van der Waals surface area contributed by atoms with Crippen LogP contribution in [0, 0.1) is 5.92 Å². The van der Waals surface area contributed by atoms with Gasteiger partial charge in [-0.3, -0.25) is 4.90 Å². The number of ether oxygens (including phenoxy) is 1. The number of carbonyl (C=O) groups is 1. The smallest absolute Gasteiger partial charge is 0.321 e. The SMILES string of the molecule is CC(C)COc1ccc(NC(=O)N2CCN(Cc3ccco3)CC2)cn1. The summed E-state index contributed by atoms with van der Waals surface area (Å²) in [5.74, 6) is 1.97. The number of carbonyl (C=O) groups excluding carboxylic acids is 1. The molecule has 26 heavy (non-hydrogen) atoms. The normalized spacial score (nSPS) is 15.3. The molecule has 0 atom stereocenters. The monoisotopic (exact) mass is 358 g/mol. The summed E-state index contributed by atoms with van der Waals surface area (Å²) in [6.45, 7) is 8.62. The Morgan fingerprint density at radius 1 is 1.27 bits per heavy atom. The molecular weight excluding hydrogens is 332 g/mol. The lowest BCUT2D eigenvalue weighted by Crippen LogP contribution is -2.49. The summed E-state index contributed by atoms with van der Waals surface area (Å²) in [5.41, 5.74) is 0.671. The summed E-state index contributed by atoms with van der Waals surface area (Å²) in [4.78, 5) is 20.7. The average molecular weight is 358 g/mol. The van der Waals surface area contributed by atoms with Gasteiger partial charge in [0, 0.05) is 32.2 Å². The first-order chi connectivity index (χ1) is 12.6. The van der Waals surface area contributed by atoms with Crippen LogP contribution >= 0.6 is 0 Å². The van der Waals surface area contributed by atoms with Gasteiger partial charge in [0.05, 0.1) is 31.3 Å². The molecular formula is C19H26N4O3. The van der Waals surface area contributed by atoms with Crippen LogP contribution in [0.5, 0.6) is 5.88 Å². The number of anilines is 1. The van der Waals surface area contributed by atoms with Gasteiger partial charge in [-0.1, -0.05) is 13.8 Å². The van der Waals surface area contributed by atoms with E-state index in [9.17, 15) is 4.79 Å². The van der Waals surface area contributed by atoms with Crippen LogP contribution in [-0.4, -0.2) is 53.6 Å². The average Bonchev–Trinajstić information content (AvgIpc) is 3.14. The lowest BCUT2D eigenvalue weighted by Gasteiger charge is -2.34. The first-order valence-corrected chi connectivity index (χ1v) is 8.99. The standard InChI is InChI=1S/C19H26N4O3/c1-15(2)14-26-18-6-5-16(12-20-18)21-19(24)23-9-7-22(8-10-23)13-17-4-3-11-25-17/h3-6,11-12,15H,7-10,13-14H2,1-2H3,(H,21,24). The lowest BCUT2D eigenvalue weighted by molar-refractivity contribution is 0.137. The Bertz CT molecular complexity index is 677. The second-order valence-corrected chi connectivity index (χ2v) is 6.86. The van der Waals surface area contributed by atoms with Crippen molar-refractivity contribution in [2.45, 2.75) is 20.4 Å². The van der Waals surface area contributed by atoms with Gasteiger partial charge >= 0.3 is 6.03 Å². The predicted octanol–water partition coefficient (Wildman–Crippen LogP) is 3.06. The van der Waals surface area contributed by atoms with Crippen LogP contribution in [0.2, 0.25) is 0 Å². The molecule has 2 aromatic rings. The number of amides is 2. The molecule has 1 N–H and O–H groups in total. The van der Waals surface area contributed by atoms with E-state index in [0.717, 1.165) is 25.4 Å². The molecule has 1 aliphatic rings.